The molecule has 0 atom stereocenters. The largest absolute Gasteiger partial charge is 0.573 e. The number of ether oxygens (including phenoxy) is 3. The fraction of sp³-hybridized carbons (Fsp3) is 0.400. The zero-order valence-corrected chi connectivity index (χ0v) is 9.79. The van der Waals surface area contributed by atoms with Crippen LogP contribution in [0, 0.1) is 6.92 Å². The molecule has 0 radical (unpaired) electrons. The Morgan fingerprint density at radius 3 is 2.39 bits per heavy atom. The van der Waals surface area contributed by atoms with Crippen LogP contribution in [0.25, 0.3) is 0 Å². The van der Waals surface area contributed by atoms with Crippen LogP contribution in [0.4, 0.5) is 13.2 Å². The number of carbonyl (C=O) groups is 1. The van der Waals surface area contributed by atoms with Crippen molar-refractivity contribution in [3.63, 3.8) is 0 Å². The predicted molar refractivity (Wildman–Crippen MR) is 53.5 cm³/mol. The quantitative estimate of drug-likeness (QED) is 0.783. The molecule has 0 spiro atoms. The Morgan fingerprint density at radius 2 is 1.94 bits per heavy atom. The Morgan fingerprint density at radius 1 is 1.33 bits per heavy atom. The number of aromatic nitrogens is 1. The summed E-state index contributed by atoms with van der Waals surface area (Å²) in [7, 11) is 2.28. The molecule has 0 N–H and O–H groups in total. The van der Waals surface area contributed by atoms with E-state index in [4.69, 9.17) is 4.74 Å². The van der Waals surface area contributed by atoms with Gasteiger partial charge in [-0.3, -0.25) is 0 Å². The molecule has 0 aliphatic rings. The Kier molecular flexibility index (Phi) is 4.00. The van der Waals surface area contributed by atoms with E-state index in [2.05, 4.69) is 14.5 Å². The highest BCUT2D eigenvalue weighted by molar-refractivity contribution is 5.93. The molecule has 18 heavy (non-hydrogen) atoms. The molecule has 1 rings (SSSR count). The lowest BCUT2D eigenvalue weighted by Crippen LogP contribution is -2.20. The Hall–Kier alpha value is -1.99. The number of nitrogens with zero attached hydrogens (tertiary/aromatic N) is 1. The summed E-state index contributed by atoms with van der Waals surface area (Å²) >= 11 is 0. The number of rotatable bonds is 3. The summed E-state index contributed by atoms with van der Waals surface area (Å²) in [5, 5.41) is 0. The molecule has 1 heterocycles. The molecular formula is C10H10F3NO4. The number of alkyl halides is 3. The number of halogens is 3. The molecule has 0 amide bonds. The topological polar surface area (TPSA) is 57.7 Å². The minimum atomic E-state index is -4.93. The number of esters is 1. The van der Waals surface area contributed by atoms with Crippen molar-refractivity contribution >= 4 is 5.97 Å². The van der Waals surface area contributed by atoms with Gasteiger partial charge >= 0.3 is 12.3 Å². The molecule has 1 aromatic rings. The van der Waals surface area contributed by atoms with Crippen molar-refractivity contribution in [1.29, 1.82) is 0 Å². The van der Waals surface area contributed by atoms with Crippen LogP contribution < -0.4 is 9.47 Å². The van der Waals surface area contributed by atoms with Crippen molar-refractivity contribution in [1.82, 2.24) is 4.98 Å². The maximum atomic E-state index is 12.2. The number of hydrogen-bond acceptors (Lipinski definition) is 5. The van der Waals surface area contributed by atoms with Gasteiger partial charge < -0.3 is 14.2 Å². The van der Waals surface area contributed by atoms with Crippen LogP contribution in [0.15, 0.2) is 6.07 Å². The van der Waals surface area contributed by atoms with Crippen molar-refractivity contribution in [2.45, 2.75) is 13.3 Å². The van der Waals surface area contributed by atoms with E-state index in [1.54, 1.807) is 0 Å². The van der Waals surface area contributed by atoms with Crippen LogP contribution in [0.5, 0.6) is 11.6 Å². The van der Waals surface area contributed by atoms with Gasteiger partial charge in [0.05, 0.1) is 19.9 Å². The van der Waals surface area contributed by atoms with Gasteiger partial charge in [0, 0.05) is 6.07 Å². The van der Waals surface area contributed by atoms with Gasteiger partial charge in [0.1, 0.15) is 5.56 Å². The molecule has 0 saturated carbocycles. The average Bonchev–Trinajstić information content (AvgIpc) is 2.25. The normalized spacial score (nSPS) is 11.0. The van der Waals surface area contributed by atoms with Crippen LogP contribution in [0.3, 0.4) is 0 Å². The molecule has 0 fully saturated rings. The monoisotopic (exact) mass is 265 g/mol. The van der Waals surface area contributed by atoms with Crippen molar-refractivity contribution in [2.24, 2.45) is 0 Å². The minimum absolute atomic E-state index is 0.0143. The van der Waals surface area contributed by atoms with Gasteiger partial charge in [0.15, 0.2) is 5.75 Å². The van der Waals surface area contributed by atoms with Crippen LogP contribution in [0.2, 0.25) is 0 Å². The molecule has 0 aliphatic heterocycles. The lowest BCUT2D eigenvalue weighted by atomic mass is 10.2. The Labute approximate surface area is 100 Å². The summed E-state index contributed by atoms with van der Waals surface area (Å²) in [6.45, 7) is 1.35. The minimum Gasteiger partial charge on any atom is -0.481 e. The second kappa shape index (κ2) is 5.11. The SMILES string of the molecule is COC(=O)c1c(OC(F)(F)F)cc(OC)nc1C. The highest BCUT2D eigenvalue weighted by atomic mass is 19.4. The zero-order chi connectivity index (χ0) is 13.9. The third kappa shape index (κ3) is 3.25. The zero-order valence-electron chi connectivity index (χ0n) is 9.79. The van der Waals surface area contributed by atoms with E-state index in [9.17, 15) is 18.0 Å². The van der Waals surface area contributed by atoms with Gasteiger partial charge in [-0.05, 0) is 6.92 Å². The first-order valence-corrected chi connectivity index (χ1v) is 4.68. The first-order chi connectivity index (χ1) is 8.28. The predicted octanol–water partition coefficient (Wildman–Crippen LogP) is 2.08. The third-order valence-electron chi connectivity index (χ3n) is 1.97. The van der Waals surface area contributed by atoms with E-state index < -0.39 is 23.6 Å². The average molecular weight is 265 g/mol. The fourth-order valence-corrected chi connectivity index (χ4v) is 1.28. The number of aryl methyl sites for hydroxylation is 1. The molecule has 5 nitrogen and oxygen atoms in total. The lowest BCUT2D eigenvalue weighted by molar-refractivity contribution is -0.274. The van der Waals surface area contributed by atoms with E-state index >= 15 is 0 Å². The molecule has 1 aromatic heterocycles. The van der Waals surface area contributed by atoms with Crippen LogP contribution in [-0.2, 0) is 4.74 Å². The summed E-state index contributed by atoms with van der Waals surface area (Å²) < 4.78 is 49.5. The van der Waals surface area contributed by atoms with Crippen molar-refractivity contribution in [3.8, 4) is 11.6 Å². The third-order valence-corrected chi connectivity index (χ3v) is 1.97. The molecule has 0 saturated heterocycles. The van der Waals surface area contributed by atoms with Crippen LogP contribution >= 0.6 is 0 Å². The highest BCUT2D eigenvalue weighted by Crippen LogP contribution is 2.31. The Balaban J connectivity index is 3.34. The maximum absolute atomic E-state index is 12.2. The van der Waals surface area contributed by atoms with E-state index in [-0.39, 0.29) is 11.6 Å². The molecular weight excluding hydrogens is 255 g/mol. The van der Waals surface area contributed by atoms with Crippen LogP contribution in [-0.4, -0.2) is 31.5 Å². The van der Waals surface area contributed by atoms with E-state index in [1.165, 1.54) is 14.0 Å². The summed E-state index contributed by atoms with van der Waals surface area (Å²) in [4.78, 5) is 15.2. The van der Waals surface area contributed by atoms with Gasteiger partial charge in [-0.1, -0.05) is 0 Å². The van der Waals surface area contributed by atoms with Gasteiger partial charge in [-0.15, -0.1) is 13.2 Å². The molecule has 8 heteroatoms. The molecule has 100 valence electrons. The van der Waals surface area contributed by atoms with Crippen molar-refractivity contribution in [2.75, 3.05) is 14.2 Å². The van der Waals surface area contributed by atoms with E-state index in [0.717, 1.165) is 13.2 Å². The van der Waals surface area contributed by atoms with Gasteiger partial charge in [0.2, 0.25) is 5.88 Å². The Bertz CT molecular complexity index is 459. The second-order valence-electron chi connectivity index (χ2n) is 3.16. The highest BCUT2D eigenvalue weighted by Gasteiger charge is 2.34. The number of hydrogen-bond donors (Lipinski definition) is 0. The number of pyridine rings is 1. The fourth-order valence-electron chi connectivity index (χ4n) is 1.28. The van der Waals surface area contributed by atoms with Crippen molar-refractivity contribution < 1.29 is 32.2 Å². The molecule has 0 unspecified atom stereocenters. The summed E-state index contributed by atoms with van der Waals surface area (Å²) in [5.74, 6) is -1.78. The second-order valence-corrected chi connectivity index (χ2v) is 3.16. The molecule has 0 aliphatic carbocycles. The van der Waals surface area contributed by atoms with Gasteiger partial charge in [-0.2, -0.15) is 0 Å². The maximum Gasteiger partial charge on any atom is 0.573 e. The summed E-state index contributed by atoms with van der Waals surface area (Å²) in [5.41, 5.74) is -0.379. The lowest BCUT2D eigenvalue weighted by Gasteiger charge is -2.14. The van der Waals surface area contributed by atoms with Gasteiger partial charge in [0.25, 0.3) is 0 Å². The first kappa shape index (κ1) is 14.1. The number of methoxy groups -OCH3 is 2. The number of carbonyl (C=O) groups excluding carboxylic acids is 1. The van der Waals surface area contributed by atoms with E-state index in [1.807, 2.05) is 0 Å². The van der Waals surface area contributed by atoms with Crippen molar-refractivity contribution in [3.05, 3.63) is 17.3 Å². The van der Waals surface area contributed by atoms with Gasteiger partial charge in [-0.25, -0.2) is 9.78 Å². The van der Waals surface area contributed by atoms with E-state index in [0.29, 0.717) is 0 Å². The smallest absolute Gasteiger partial charge is 0.481 e. The molecule has 0 aromatic carbocycles. The first-order valence-electron chi connectivity index (χ1n) is 4.68. The summed E-state index contributed by atoms with van der Waals surface area (Å²) in [6, 6.07) is 0.868. The van der Waals surface area contributed by atoms with Crippen LogP contribution in [0.1, 0.15) is 16.1 Å². The summed E-state index contributed by atoms with van der Waals surface area (Å²) in [6.07, 6.45) is -4.93. The standard InChI is InChI=1S/C10H10F3NO4/c1-5-8(9(15)17-3)6(18-10(11,12)13)4-7(14-5)16-2/h4H,1-3H3. The molecule has 0 bridgehead atoms.